The number of imide groups is 1. The van der Waals surface area contributed by atoms with Crippen molar-refractivity contribution in [3.63, 3.8) is 0 Å². The Bertz CT molecular complexity index is 2010. The number of anilines is 1. The number of rotatable bonds is 8. The maximum atomic E-state index is 14.0. The molecule has 0 radical (unpaired) electrons. The van der Waals surface area contributed by atoms with Gasteiger partial charge in [-0.15, -0.1) is 0 Å². The second-order valence-electron chi connectivity index (χ2n) is 15.9. The molecule has 0 fully saturated rings. The van der Waals surface area contributed by atoms with Gasteiger partial charge in [0.05, 0.1) is 35.1 Å². The van der Waals surface area contributed by atoms with E-state index in [1.54, 1.807) is 119 Å². The maximum Gasteiger partial charge on any atom is 0.425 e. The summed E-state index contributed by atoms with van der Waals surface area (Å²) in [7, 11) is 0. The zero-order valence-corrected chi connectivity index (χ0v) is 32.4. The third-order valence-electron chi connectivity index (χ3n) is 7.29. The van der Waals surface area contributed by atoms with Crippen molar-refractivity contribution in [1.82, 2.24) is 25.4 Å². The van der Waals surface area contributed by atoms with Gasteiger partial charge in [-0.3, -0.25) is 4.98 Å². The molecule has 4 rings (SSSR count). The van der Waals surface area contributed by atoms with Crippen molar-refractivity contribution in [3.05, 3.63) is 66.1 Å². The van der Waals surface area contributed by atoms with Crippen LogP contribution < -0.4 is 10.2 Å². The van der Waals surface area contributed by atoms with Crippen molar-refractivity contribution in [1.29, 1.82) is 5.26 Å². The second kappa shape index (κ2) is 15.6. The number of hydrogen-bond donors (Lipinski definition) is 1. The maximum absolute atomic E-state index is 14.0. The lowest BCUT2D eigenvalue weighted by Gasteiger charge is -2.28. The number of nitriles is 1. The summed E-state index contributed by atoms with van der Waals surface area (Å²) in [5.41, 5.74) is -1.02. The molecule has 15 heteroatoms. The van der Waals surface area contributed by atoms with Crippen LogP contribution in [0.2, 0.25) is 0 Å². The van der Waals surface area contributed by atoms with E-state index in [0.29, 0.717) is 38.7 Å². The average molecular weight is 744 g/mol. The van der Waals surface area contributed by atoms with E-state index in [9.17, 15) is 24.0 Å². The van der Waals surface area contributed by atoms with Gasteiger partial charge in [0.25, 0.3) is 0 Å². The van der Waals surface area contributed by atoms with Gasteiger partial charge in [-0.25, -0.2) is 28.7 Å². The van der Waals surface area contributed by atoms with Crippen LogP contribution in [0.4, 0.5) is 24.6 Å². The Morgan fingerprint density at radius 1 is 0.833 bits per heavy atom. The molecule has 286 valence electrons. The number of aromatic nitrogens is 4. The van der Waals surface area contributed by atoms with Crippen LogP contribution in [-0.4, -0.2) is 61.9 Å². The number of nitrogens with one attached hydrogen (secondary N) is 1. The van der Waals surface area contributed by atoms with Gasteiger partial charge in [0, 0.05) is 23.4 Å². The second-order valence-corrected chi connectivity index (χ2v) is 15.9. The molecule has 1 aromatic carbocycles. The van der Waals surface area contributed by atoms with Crippen LogP contribution in [0.15, 0.2) is 59.4 Å². The Hall–Kier alpha value is -5.91. The Labute approximate surface area is 314 Å². The molecule has 3 amide bonds. The number of carbonyl (C=O) groups is 3. The molecule has 1 atom stereocenters. The first-order valence-electron chi connectivity index (χ1n) is 17.1. The van der Waals surface area contributed by atoms with Gasteiger partial charge in [0.1, 0.15) is 29.2 Å². The summed E-state index contributed by atoms with van der Waals surface area (Å²) in [6, 6.07) is 12.8. The highest BCUT2D eigenvalue weighted by Gasteiger charge is 2.37. The van der Waals surface area contributed by atoms with E-state index in [-0.39, 0.29) is 17.3 Å². The highest BCUT2D eigenvalue weighted by atomic mass is 19.1. The fourth-order valence-electron chi connectivity index (χ4n) is 4.77. The minimum atomic E-state index is -1.07. The Morgan fingerprint density at radius 2 is 1.43 bits per heavy atom. The standard InChI is InChI=1S/C39H46FN7O7/c1-36(2,3)51-33(48)45-27(20-40)24-14-12-23(13-15-24)26-19-29(54-46-26)31-32(47(34(49)52-37(4,5)6)35(50)53-38(7,8)9)43-21-28(44-31)25-16-17-42-30(18-25)39(10,11)22-41/h12-19,21,27H,20H2,1-11H3,(H,45,48). The Balaban J connectivity index is 1.83. The first-order valence-corrected chi connectivity index (χ1v) is 17.1. The van der Waals surface area contributed by atoms with Gasteiger partial charge in [-0.05, 0) is 93.9 Å². The minimum Gasteiger partial charge on any atom is -0.444 e. The summed E-state index contributed by atoms with van der Waals surface area (Å²) in [6.07, 6.45) is 0.0128. The normalized spacial score (nSPS) is 12.6. The van der Waals surface area contributed by atoms with Gasteiger partial charge in [0.2, 0.25) is 0 Å². The molecule has 0 aliphatic rings. The molecule has 0 saturated heterocycles. The van der Waals surface area contributed by atoms with Gasteiger partial charge in [-0.1, -0.05) is 29.4 Å². The van der Waals surface area contributed by atoms with Crippen molar-refractivity contribution in [2.45, 2.75) is 104 Å². The van der Waals surface area contributed by atoms with Crippen molar-refractivity contribution in [2.75, 3.05) is 11.6 Å². The highest BCUT2D eigenvalue weighted by Crippen LogP contribution is 2.35. The molecule has 3 heterocycles. The van der Waals surface area contributed by atoms with Crippen molar-refractivity contribution < 1.29 is 37.5 Å². The lowest BCUT2D eigenvalue weighted by atomic mass is 9.90. The van der Waals surface area contributed by atoms with Crippen LogP contribution >= 0.6 is 0 Å². The Morgan fingerprint density at radius 3 is 1.96 bits per heavy atom. The summed E-state index contributed by atoms with van der Waals surface area (Å²) in [5, 5.41) is 16.5. The van der Waals surface area contributed by atoms with Crippen molar-refractivity contribution in [3.8, 4) is 40.0 Å². The van der Waals surface area contributed by atoms with Crippen LogP contribution in [-0.2, 0) is 19.6 Å². The number of pyridine rings is 1. The van der Waals surface area contributed by atoms with Crippen LogP contribution in [0.5, 0.6) is 0 Å². The van der Waals surface area contributed by atoms with Gasteiger partial charge >= 0.3 is 18.3 Å². The predicted molar refractivity (Wildman–Crippen MR) is 198 cm³/mol. The molecule has 0 aliphatic heterocycles. The largest absolute Gasteiger partial charge is 0.444 e. The fraction of sp³-hybridized carbons (Fsp3) is 0.436. The number of alkyl halides is 1. The molecular formula is C39H46FN7O7. The van der Waals surface area contributed by atoms with Crippen LogP contribution in [0, 0.1) is 11.3 Å². The van der Waals surface area contributed by atoms with Crippen LogP contribution in [0.1, 0.15) is 93.5 Å². The molecule has 0 spiro atoms. The first-order chi connectivity index (χ1) is 25.0. The molecule has 0 saturated carbocycles. The molecule has 54 heavy (non-hydrogen) atoms. The summed E-state index contributed by atoms with van der Waals surface area (Å²) in [5.74, 6) is -0.235. The van der Waals surface area contributed by atoms with E-state index >= 15 is 0 Å². The number of halogens is 1. The number of amides is 3. The monoisotopic (exact) mass is 743 g/mol. The zero-order valence-electron chi connectivity index (χ0n) is 32.4. The lowest BCUT2D eigenvalue weighted by Crippen LogP contribution is -2.44. The number of hydrogen-bond acceptors (Lipinski definition) is 12. The van der Waals surface area contributed by atoms with Gasteiger partial charge in [0.15, 0.2) is 17.3 Å². The molecule has 4 aromatic rings. The molecular weight excluding hydrogens is 697 g/mol. The molecule has 1 unspecified atom stereocenters. The molecule has 0 aliphatic carbocycles. The molecule has 14 nitrogen and oxygen atoms in total. The number of nitrogens with zero attached hydrogens (tertiary/aromatic N) is 6. The summed E-state index contributed by atoms with van der Waals surface area (Å²) in [4.78, 5) is 54.0. The number of benzene rings is 1. The summed E-state index contributed by atoms with van der Waals surface area (Å²) < 4.78 is 36.2. The van der Waals surface area contributed by atoms with Gasteiger partial charge < -0.3 is 24.1 Å². The van der Waals surface area contributed by atoms with Crippen LogP contribution in [0.25, 0.3) is 34.0 Å². The highest BCUT2D eigenvalue weighted by molar-refractivity contribution is 6.10. The first kappa shape index (κ1) is 40.9. The van der Waals surface area contributed by atoms with E-state index in [4.69, 9.17) is 23.7 Å². The molecule has 3 aromatic heterocycles. The van der Waals surface area contributed by atoms with E-state index in [1.807, 2.05) is 0 Å². The van der Waals surface area contributed by atoms with Crippen molar-refractivity contribution in [2.24, 2.45) is 0 Å². The summed E-state index contributed by atoms with van der Waals surface area (Å²) in [6.45, 7) is 17.6. The minimum absolute atomic E-state index is 0.0235. The zero-order chi connectivity index (χ0) is 40.2. The average Bonchev–Trinajstić information content (AvgIpc) is 3.55. The predicted octanol–water partition coefficient (Wildman–Crippen LogP) is 8.87. The van der Waals surface area contributed by atoms with E-state index < -0.39 is 53.2 Å². The fourth-order valence-corrected chi connectivity index (χ4v) is 4.77. The Kier molecular flexibility index (Phi) is 11.8. The van der Waals surface area contributed by atoms with Gasteiger partial charge in [-0.2, -0.15) is 10.2 Å². The van der Waals surface area contributed by atoms with Crippen molar-refractivity contribution >= 4 is 24.1 Å². The van der Waals surface area contributed by atoms with E-state index in [0.717, 1.165) is 0 Å². The van der Waals surface area contributed by atoms with Crippen LogP contribution in [0.3, 0.4) is 0 Å². The van der Waals surface area contributed by atoms with E-state index in [2.05, 4.69) is 26.5 Å². The number of alkyl carbamates (subject to hydrolysis) is 1. The SMILES string of the molecule is CC(C)(C)OC(=O)NC(CF)c1ccc(-c2cc(-c3nc(-c4ccnc(C(C)(C)C#N)c4)cnc3N(C(=O)OC(C)(C)C)C(=O)OC(C)(C)C)on2)cc1. The third kappa shape index (κ3) is 10.6. The van der Waals surface area contributed by atoms with E-state index in [1.165, 1.54) is 12.3 Å². The smallest absolute Gasteiger partial charge is 0.425 e. The lowest BCUT2D eigenvalue weighted by molar-refractivity contribution is 0.0425. The number of carbonyl (C=O) groups excluding carboxylic acids is 3. The quantitative estimate of drug-likeness (QED) is 0.169. The molecule has 0 bridgehead atoms. The third-order valence-corrected chi connectivity index (χ3v) is 7.29. The number of ether oxygens (including phenoxy) is 3. The summed E-state index contributed by atoms with van der Waals surface area (Å²) >= 11 is 0. The topological polar surface area (TPSA) is 183 Å². The molecule has 1 N–H and O–H groups in total.